The van der Waals surface area contributed by atoms with E-state index in [0.29, 0.717) is 24.3 Å². The van der Waals surface area contributed by atoms with Crippen LogP contribution < -0.4 is 5.32 Å². The van der Waals surface area contributed by atoms with E-state index in [2.05, 4.69) is 5.32 Å². The van der Waals surface area contributed by atoms with Crippen molar-refractivity contribution in [1.82, 2.24) is 4.90 Å². The molecular formula is C20H20ClFN2O2. The van der Waals surface area contributed by atoms with Gasteiger partial charge >= 0.3 is 0 Å². The van der Waals surface area contributed by atoms with Crippen LogP contribution in [0.5, 0.6) is 0 Å². The highest BCUT2D eigenvalue weighted by Crippen LogP contribution is 2.20. The molecule has 0 bridgehead atoms. The van der Waals surface area contributed by atoms with Crippen molar-refractivity contribution in [3.63, 3.8) is 0 Å². The number of hydrogen-bond donors (Lipinski definition) is 1. The van der Waals surface area contributed by atoms with Crippen LogP contribution in [-0.2, 0) is 4.79 Å². The van der Waals surface area contributed by atoms with Gasteiger partial charge in [0.2, 0.25) is 5.91 Å². The van der Waals surface area contributed by atoms with Crippen LogP contribution in [0.15, 0.2) is 48.5 Å². The van der Waals surface area contributed by atoms with E-state index in [1.54, 1.807) is 35.2 Å². The van der Waals surface area contributed by atoms with E-state index in [1.807, 2.05) is 13.8 Å². The third-order valence-corrected chi connectivity index (χ3v) is 4.18. The highest BCUT2D eigenvalue weighted by molar-refractivity contribution is 6.32. The number of benzene rings is 2. The van der Waals surface area contributed by atoms with E-state index in [9.17, 15) is 14.0 Å². The molecule has 0 aliphatic carbocycles. The average molecular weight is 375 g/mol. The van der Waals surface area contributed by atoms with Crippen LogP contribution in [0.3, 0.4) is 0 Å². The lowest BCUT2D eigenvalue weighted by atomic mass is 10.1. The maximum atomic E-state index is 13.7. The minimum atomic E-state index is -0.499. The molecule has 0 atom stereocenters. The summed E-state index contributed by atoms with van der Waals surface area (Å²) in [5, 5.41) is 2.89. The molecule has 0 heterocycles. The molecule has 0 aromatic heterocycles. The van der Waals surface area contributed by atoms with Crippen molar-refractivity contribution in [3.05, 3.63) is 70.5 Å². The molecule has 2 amide bonds. The first-order chi connectivity index (χ1) is 12.5. The van der Waals surface area contributed by atoms with Gasteiger partial charge in [-0.2, -0.15) is 0 Å². The van der Waals surface area contributed by atoms with Crippen molar-refractivity contribution in [2.24, 2.45) is 0 Å². The highest BCUT2D eigenvalue weighted by atomic mass is 35.5. The molecule has 0 aliphatic rings. The first-order valence-corrected chi connectivity index (χ1v) is 8.66. The van der Waals surface area contributed by atoms with Gasteiger partial charge in [-0.25, -0.2) is 4.39 Å². The first kappa shape index (κ1) is 19.7. The Morgan fingerprint density at radius 1 is 1.12 bits per heavy atom. The van der Waals surface area contributed by atoms with Crippen molar-refractivity contribution < 1.29 is 14.0 Å². The highest BCUT2D eigenvalue weighted by Gasteiger charge is 2.12. The Hall–Kier alpha value is -2.66. The van der Waals surface area contributed by atoms with Crippen molar-refractivity contribution in [3.8, 4) is 0 Å². The zero-order chi connectivity index (χ0) is 19.1. The van der Waals surface area contributed by atoms with Gasteiger partial charge in [0.05, 0.1) is 5.02 Å². The van der Waals surface area contributed by atoms with Crippen LogP contribution in [0.25, 0.3) is 6.08 Å². The standard InChI is InChI=1S/C20H20ClFN2O2/c1-3-24(4-2)20(26)14-8-10-15(11-9-14)23-19(25)13-12-16-17(21)6-5-7-18(16)22/h5-13H,3-4H2,1-2H3,(H,23,25)/b13-12+. The molecule has 26 heavy (non-hydrogen) atoms. The number of nitrogens with zero attached hydrogens (tertiary/aromatic N) is 1. The number of carbonyl (C=O) groups excluding carboxylic acids is 2. The number of halogens is 2. The maximum Gasteiger partial charge on any atom is 0.253 e. The number of amides is 2. The number of nitrogens with one attached hydrogen (secondary N) is 1. The second-order valence-electron chi connectivity index (χ2n) is 5.51. The van der Waals surface area contributed by atoms with Gasteiger partial charge in [-0.3, -0.25) is 9.59 Å². The van der Waals surface area contributed by atoms with Crippen molar-refractivity contribution in [2.45, 2.75) is 13.8 Å². The predicted octanol–water partition coefficient (Wildman–Crippen LogP) is 4.61. The molecule has 2 aromatic carbocycles. The summed E-state index contributed by atoms with van der Waals surface area (Å²) in [6, 6.07) is 10.9. The minimum absolute atomic E-state index is 0.0537. The average Bonchev–Trinajstić information content (AvgIpc) is 2.63. The van der Waals surface area contributed by atoms with E-state index in [-0.39, 0.29) is 16.5 Å². The van der Waals surface area contributed by atoms with Crippen molar-refractivity contribution in [1.29, 1.82) is 0 Å². The normalized spacial score (nSPS) is 10.8. The molecular weight excluding hydrogens is 355 g/mol. The molecule has 0 fully saturated rings. The third-order valence-electron chi connectivity index (χ3n) is 3.85. The topological polar surface area (TPSA) is 49.4 Å². The zero-order valence-corrected chi connectivity index (χ0v) is 15.4. The molecule has 0 spiro atoms. The Morgan fingerprint density at radius 3 is 2.35 bits per heavy atom. The molecule has 2 rings (SSSR count). The lowest BCUT2D eigenvalue weighted by Gasteiger charge is -2.18. The molecule has 1 N–H and O–H groups in total. The second kappa shape index (κ2) is 9.15. The summed E-state index contributed by atoms with van der Waals surface area (Å²) < 4.78 is 13.7. The summed E-state index contributed by atoms with van der Waals surface area (Å²) in [6.45, 7) is 5.11. The number of carbonyl (C=O) groups is 2. The van der Waals surface area contributed by atoms with E-state index < -0.39 is 11.7 Å². The van der Waals surface area contributed by atoms with Gasteiger partial charge in [0.15, 0.2) is 0 Å². The summed E-state index contributed by atoms with van der Waals surface area (Å²) in [7, 11) is 0. The van der Waals surface area contributed by atoms with Crippen LogP contribution >= 0.6 is 11.6 Å². The molecule has 0 aliphatic heterocycles. The predicted molar refractivity (Wildman–Crippen MR) is 103 cm³/mol. The number of rotatable bonds is 6. The van der Waals surface area contributed by atoms with Crippen LogP contribution in [0.1, 0.15) is 29.8 Å². The number of hydrogen-bond acceptors (Lipinski definition) is 2. The summed E-state index contributed by atoms with van der Waals surface area (Å²) in [5.74, 6) is -0.977. The molecule has 0 saturated heterocycles. The largest absolute Gasteiger partial charge is 0.339 e. The Kier molecular flexibility index (Phi) is 6.92. The first-order valence-electron chi connectivity index (χ1n) is 8.28. The van der Waals surface area contributed by atoms with E-state index in [0.717, 1.165) is 0 Å². The van der Waals surface area contributed by atoms with Gasteiger partial charge in [-0.1, -0.05) is 17.7 Å². The summed E-state index contributed by atoms with van der Waals surface area (Å²) in [4.78, 5) is 25.9. The van der Waals surface area contributed by atoms with Gasteiger partial charge < -0.3 is 10.2 Å². The Morgan fingerprint density at radius 2 is 1.77 bits per heavy atom. The monoisotopic (exact) mass is 374 g/mol. The number of anilines is 1. The molecule has 2 aromatic rings. The van der Waals surface area contributed by atoms with E-state index in [1.165, 1.54) is 24.3 Å². The van der Waals surface area contributed by atoms with Crippen LogP contribution in [-0.4, -0.2) is 29.8 Å². The lowest BCUT2D eigenvalue weighted by Crippen LogP contribution is -2.30. The molecule has 6 heteroatoms. The summed E-state index contributed by atoms with van der Waals surface area (Å²) in [6.07, 6.45) is 2.53. The molecule has 0 unspecified atom stereocenters. The Bertz CT molecular complexity index is 795. The van der Waals surface area contributed by atoms with Crippen molar-refractivity contribution >= 4 is 35.2 Å². The zero-order valence-electron chi connectivity index (χ0n) is 14.6. The minimum Gasteiger partial charge on any atom is -0.339 e. The van der Waals surface area contributed by atoms with Crippen LogP contribution in [0.2, 0.25) is 5.02 Å². The van der Waals surface area contributed by atoms with Crippen molar-refractivity contribution in [2.75, 3.05) is 18.4 Å². The van der Waals surface area contributed by atoms with E-state index >= 15 is 0 Å². The third kappa shape index (κ3) is 4.92. The van der Waals surface area contributed by atoms with Gasteiger partial charge in [0, 0.05) is 36.0 Å². The molecule has 0 saturated carbocycles. The fourth-order valence-electron chi connectivity index (χ4n) is 2.40. The fourth-order valence-corrected chi connectivity index (χ4v) is 2.63. The quantitative estimate of drug-likeness (QED) is 0.750. The summed E-state index contributed by atoms with van der Waals surface area (Å²) >= 11 is 5.91. The maximum absolute atomic E-state index is 13.7. The van der Waals surface area contributed by atoms with Gasteiger partial charge in [-0.05, 0) is 56.3 Å². The fraction of sp³-hybridized carbons (Fsp3) is 0.200. The van der Waals surface area contributed by atoms with Crippen LogP contribution in [0.4, 0.5) is 10.1 Å². The lowest BCUT2D eigenvalue weighted by molar-refractivity contribution is -0.111. The summed E-state index contributed by atoms with van der Waals surface area (Å²) in [5.41, 5.74) is 1.25. The smallest absolute Gasteiger partial charge is 0.253 e. The van der Waals surface area contributed by atoms with Gasteiger partial charge in [0.25, 0.3) is 5.91 Å². The Labute approximate surface area is 157 Å². The molecule has 136 valence electrons. The Balaban J connectivity index is 2.03. The van der Waals surface area contributed by atoms with Gasteiger partial charge in [0.1, 0.15) is 5.82 Å². The van der Waals surface area contributed by atoms with E-state index in [4.69, 9.17) is 11.6 Å². The second-order valence-corrected chi connectivity index (χ2v) is 5.92. The molecule has 0 radical (unpaired) electrons. The van der Waals surface area contributed by atoms with Crippen LogP contribution in [0, 0.1) is 5.82 Å². The van der Waals surface area contributed by atoms with Gasteiger partial charge in [-0.15, -0.1) is 0 Å². The molecule has 4 nitrogen and oxygen atoms in total. The SMILES string of the molecule is CCN(CC)C(=O)c1ccc(NC(=O)/C=C/c2c(F)cccc2Cl)cc1.